The third kappa shape index (κ3) is 2.65. The molecule has 1 aliphatic rings. The predicted octanol–water partition coefficient (Wildman–Crippen LogP) is 3.25. The van der Waals surface area contributed by atoms with Gasteiger partial charge < -0.3 is 10.2 Å². The summed E-state index contributed by atoms with van der Waals surface area (Å²) >= 11 is 0. The summed E-state index contributed by atoms with van der Waals surface area (Å²) in [5.41, 5.74) is -1.31. The second-order valence-corrected chi connectivity index (χ2v) is 5.79. The van der Waals surface area contributed by atoms with Crippen LogP contribution >= 0.6 is 0 Å². The van der Waals surface area contributed by atoms with Crippen LogP contribution < -0.4 is 0 Å². The zero-order valence-corrected chi connectivity index (χ0v) is 11.3. The van der Waals surface area contributed by atoms with Crippen molar-refractivity contribution in [1.29, 1.82) is 0 Å². The minimum Gasteiger partial charge on any atom is -0.387 e. The molecule has 2 N–H and O–H groups in total. The minimum absolute atomic E-state index is 0.153. The third-order valence-corrected chi connectivity index (χ3v) is 4.25. The second-order valence-electron chi connectivity index (χ2n) is 5.79. The Morgan fingerprint density at radius 1 is 1.21 bits per heavy atom. The molecule has 1 unspecified atom stereocenters. The molecule has 0 heterocycles. The molecular weight excluding hydrogens is 250 g/mol. The summed E-state index contributed by atoms with van der Waals surface area (Å²) in [6, 6.07) is 2.78. The van der Waals surface area contributed by atoms with E-state index < -0.39 is 23.3 Å². The zero-order chi connectivity index (χ0) is 14.2. The van der Waals surface area contributed by atoms with Crippen molar-refractivity contribution in [3.63, 3.8) is 0 Å². The van der Waals surface area contributed by atoms with E-state index in [1.54, 1.807) is 0 Å². The molecule has 0 spiro atoms. The Bertz CT molecular complexity index is 465. The van der Waals surface area contributed by atoms with E-state index in [1.165, 1.54) is 19.1 Å². The number of rotatable bonds is 2. The van der Waals surface area contributed by atoms with Crippen LogP contribution in [0.3, 0.4) is 0 Å². The van der Waals surface area contributed by atoms with E-state index >= 15 is 0 Å². The predicted molar refractivity (Wildman–Crippen MR) is 68.6 cm³/mol. The van der Waals surface area contributed by atoms with Crippen molar-refractivity contribution in [2.45, 2.75) is 51.2 Å². The molecule has 19 heavy (non-hydrogen) atoms. The van der Waals surface area contributed by atoms with Gasteiger partial charge in [0.15, 0.2) is 11.6 Å². The van der Waals surface area contributed by atoms with Crippen LogP contribution in [0.1, 0.15) is 49.8 Å². The first-order chi connectivity index (χ1) is 8.85. The summed E-state index contributed by atoms with van der Waals surface area (Å²) in [6.07, 6.45) is 0.997. The van der Waals surface area contributed by atoms with E-state index in [1.807, 2.05) is 0 Å². The van der Waals surface area contributed by atoms with Crippen molar-refractivity contribution in [3.05, 3.63) is 34.9 Å². The monoisotopic (exact) mass is 270 g/mol. The summed E-state index contributed by atoms with van der Waals surface area (Å²) < 4.78 is 27.4. The molecule has 1 aliphatic carbocycles. The van der Waals surface area contributed by atoms with Crippen LogP contribution in [0.4, 0.5) is 8.78 Å². The number of aliphatic hydroxyl groups is 2. The van der Waals surface area contributed by atoms with Gasteiger partial charge in [-0.1, -0.05) is 19.1 Å². The van der Waals surface area contributed by atoms with Crippen molar-refractivity contribution < 1.29 is 19.0 Å². The van der Waals surface area contributed by atoms with Crippen molar-refractivity contribution in [2.24, 2.45) is 5.92 Å². The minimum atomic E-state index is -1.38. The van der Waals surface area contributed by atoms with Gasteiger partial charge in [-0.3, -0.25) is 0 Å². The van der Waals surface area contributed by atoms with E-state index in [0.717, 1.165) is 12.8 Å². The molecule has 4 heteroatoms. The van der Waals surface area contributed by atoms with Gasteiger partial charge in [0, 0.05) is 5.56 Å². The first-order valence-corrected chi connectivity index (χ1v) is 6.70. The van der Waals surface area contributed by atoms with Crippen LogP contribution in [0.2, 0.25) is 0 Å². The van der Waals surface area contributed by atoms with Gasteiger partial charge in [0.05, 0.1) is 5.60 Å². The van der Waals surface area contributed by atoms with Gasteiger partial charge in [-0.25, -0.2) is 8.78 Å². The summed E-state index contributed by atoms with van der Waals surface area (Å²) in [5.74, 6) is -1.52. The van der Waals surface area contributed by atoms with Gasteiger partial charge in [-0.15, -0.1) is 0 Å². The lowest BCUT2D eigenvalue weighted by Crippen LogP contribution is -2.40. The molecule has 106 valence electrons. The molecule has 1 aromatic carbocycles. The van der Waals surface area contributed by atoms with Crippen molar-refractivity contribution in [2.75, 3.05) is 0 Å². The quantitative estimate of drug-likeness (QED) is 0.866. The van der Waals surface area contributed by atoms with Crippen LogP contribution in [-0.4, -0.2) is 15.8 Å². The van der Waals surface area contributed by atoms with Gasteiger partial charge in [0.2, 0.25) is 0 Å². The molecule has 1 saturated carbocycles. The van der Waals surface area contributed by atoms with Gasteiger partial charge in [-0.2, -0.15) is 0 Å². The average Bonchev–Trinajstić information content (AvgIpc) is 2.39. The molecular formula is C15H20F2O2. The van der Waals surface area contributed by atoms with Gasteiger partial charge >= 0.3 is 0 Å². The van der Waals surface area contributed by atoms with E-state index in [0.29, 0.717) is 18.8 Å². The fourth-order valence-electron chi connectivity index (χ4n) is 2.70. The highest BCUT2D eigenvalue weighted by atomic mass is 19.2. The lowest BCUT2D eigenvalue weighted by molar-refractivity contribution is -0.106. The second kappa shape index (κ2) is 5.17. The van der Waals surface area contributed by atoms with Crippen LogP contribution in [0, 0.1) is 24.5 Å². The Balaban J connectivity index is 2.29. The molecule has 0 radical (unpaired) electrons. The molecule has 0 aliphatic heterocycles. The zero-order valence-electron chi connectivity index (χ0n) is 11.3. The van der Waals surface area contributed by atoms with Crippen molar-refractivity contribution >= 4 is 0 Å². The highest BCUT2D eigenvalue weighted by molar-refractivity contribution is 5.28. The molecule has 2 rings (SSSR count). The van der Waals surface area contributed by atoms with E-state index in [2.05, 4.69) is 6.92 Å². The smallest absolute Gasteiger partial charge is 0.164 e. The van der Waals surface area contributed by atoms with Gasteiger partial charge in [0.25, 0.3) is 0 Å². The molecule has 0 aromatic heterocycles. The van der Waals surface area contributed by atoms with Crippen molar-refractivity contribution in [1.82, 2.24) is 0 Å². The van der Waals surface area contributed by atoms with Crippen LogP contribution in [0.5, 0.6) is 0 Å². The Morgan fingerprint density at radius 3 is 2.37 bits per heavy atom. The SMILES string of the molecule is Cc1ccc(C(O)C2(O)CCC(C)CC2)c(F)c1F. The number of aryl methyl sites for hydroxylation is 1. The Labute approximate surface area is 112 Å². The lowest BCUT2D eigenvalue weighted by Gasteiger charge is -2.38. The standard InChI is InChI=1S/C15H20F2O2/c1-9-5-7-15(19,8-6-9)14(18)11-4-3-10(2)12(16)13(11)17/h3-4,9,14,18-19H,5-8H2,1-2H3. The first kappa shape index (κ1) is 14.4. The fourth-order valence-corrected chi connectivity index (χ4v) is 2.70. The van der Waals surface area contributed by atoms with Gasteiger partial charge in [0.1, 0.15) is 6.10 Å². The normalized spacial score (nSPS) is 29.3. The topological polar surface area (TPSA) is 40.5 Å². The van der Waals surface area contributed by atoms with E-state index in [4.69, 9.17) is 0 Å². The summed E-state index contributed by atoms with van der Waals surface area (Å²) in [7, 11) is 0. The highest BCUT2D eigenvalue weighted by Gasteiger charge is 2.40. The maximum Gasteiger partial charge on any atom is 0.164 e. The summed E-state index contributed by atoms with van der Waals surface area (Å²) in [4.78, 5) is 0. The average molecular weight is 270 g/mol. The highest BCUT2D eigenvalue weighted by Crippen LogP contribution is 2.41. The van der Waals surface area contributed by atoms with E-state index in [9.17, 15) is 19.0 Å². The van der Waals surface area contributed by atoms with Gasteiger partial charge in [-0.05, 0) is 44.1 Å². The molecule has 1 atom stereocenters. The van der Waals surface area contributed by atoms with Crippen LogP contribution in [0.15, 0.2) is 12.1 Å². The summed E-state index contributed by atoms with van der Waals surface area (Å²) in [5, 5.41) is 20.7. The molecule has 0 amide bonds. The van der Waals surface area contributed by atoms with Crippen molar-refractivity contribution in [3.8, 4) is 0 Å². The third-order valence-electron chi connectivity index (χ3n) is 4.25. The largest absolute Gasteiger partial charge is 0.387 e. The Morgan fingerprint density at radius 2 is 1.79 bits per heavy atom. The maximum absolute atomic E-state index is 13.9. The van der Waals surface area contributed by atoms with Crippen LogP contribution in [0.25, 0.3) is 0 Å². The number of hydrogen-bond donors (Lipinski definition) is 2. The first-order valence-electron chi connectivity index (χ1n) is 6.70. The maximum atomic E-state index is 13.9. The number of halogens is 2. The fraction of sp³-hybridized carbons (Fsp3) is 0.600. The number of aliphatic hydroxyl groups excluding tert-OH is 1. The molecule has 1 aromatic rings. The Kier molecular flexibility index (Phi) is 3.92. The molecule has 1 fully saturated rings. The molecule has 0 saturated heterocycles. The number of benzene rings is 1. The molecule has 2 nitrogen and oxygen atoms in total. The number of hydrogen-bond acceptors (Lipinski definition) is 2. The summed E-state index contributed by atoms with van der Waals surface area (Å²) in [6.45, 7) is 3.55. The molecule has 0 bridgehead atoms. The van der Waals surface area contributed by atoms with E-state index in [-0.39, 0.29) is 11.1 Å². The lowest BCUT2D eigenvalue weighted by atomic mass is 9.75. The Hall–Kier alpha value is -1.00. The van der Waals surface area contributed by atoms with Crippen LogP contribution in [-0.2, 0) is 0 Å².